The molecule has 0 spiro atoms. The number of carbonyl (C=O) groups excluding carboxylic acids is 1. The van der Waals surface area contributed by atoms with Crippen molar-refractivity contribution in [1.82, 2.24) is 19.7 Å². The number of aromatic amines is 1. The summed E-state index contributed by atoms with van der Waals surface area (Å²) in [6, 6.07) is 7.95. The molecule has 6 nitrogen and oxygen atoms in total. The van der Waals surface area contributed by atoms with Crippen LogP contribution in [-0.4, -0.2) is 32.6 Å². The van der Waals surface area contributed by atoms with E-state index >= 15 is 0 Å². The van der Waals surface area contributed by atoms with Gasteiger partial charge in [0.25, 0.3) is 0 Å². The molecular weight excluding hydrogens is 328 g/mol. The number of aromatic nitrogens is 4. The number of ether oxygens (including phenoxy) is 1. The zero-order valence-corrected chi connectivity index (χ0v) is 13.9. The zero-order chi connectivity index (χ0) is 17.7. The van der Waals surface area contributed by atoms with Crippen molar-refractivity contribution in [2.75, 3.05) is 7.11 Å². The van der Waals surface area contributed by atoms with Crippen LogP contribution in [0, 0.1) is 0 Å². The number of carbonyl (C=O) groups is 1. The van der Waals surface area contributed by atoms with Gasteiger partial charge < -0.3 is 4.74 Å². The van der Waals surface area contributed by atoms with Crippen LogP contribution in [0.1, 0.15) is 0 Å². The van der Waals surface area contributed by atoms with Gasteiger partial charge in [0.1, 0.15) is 12.1 Å². The Hall–Kier alpha value is -3.67. The second kappa shape index (κ2) is 5.42. The Balaban J connectivity index is 1.88. The standard InChI is InChI=1S/C20H14N4O2/c1-26-14-4-5-15(18(25)8-14)16-6-7-17-19-12(9-22-20(16)19)2-3-13-10-21-11-23-24(13)17/h2-11H,1H3,(H,21,23)/b16-15-. The van der Waals surface area contributed by atoms with Crippen LogP contribution in [0.4, 0.5) is 0 Å². The fraction of sp³-hybridized carbons (Fsp3) is 0.0500. The molecule has 0 unspecified atom stereocenters. The number of methoxy groups -OCH3 is 1. The van der Waals surface area contributed by atoms with Crippen molar-refractivity contribution < 1.29 is 9.53 Å². The van der Waals surface area contributed by atoms with Gasteiger partial charge in [-0.2, -0.15) is 0 Å². The quantitative estimate of drug-likeness (QED) is 0.576. The van der Waals surface area contributed by atoms with Gasteiger partial charge in [0, 0.05) is 34.2 Å². The number of nitrogens with zero attached hydrogens (tertiary/aromatic N) is 3. The average molecular weight is 342 g/mol. The molecule has 1 aromatic rings. The van der Waals surface area contributed by atoms with Crippen molar-refractivity contribution in [3.63, 3.8) is 0 Å². The van der Waals surface area contributed by atoms with Gasteiger partial charge in [0.2, 0.25) is 0 Å². The molecule has 0 atom stereocenters. The van der Waals surface area contributed by atoms with Crippen molar-refractivity contribution in [1.29, 1.82) is 0 Å². The summed E-state index contributed by atoms with van der Waals surface area (Å²) in [6.07, 6.45) is 10.4. The number of ketones is 1. The lowest BCUT2D eigenvalue weighted by atomic mass is 9.99. The minimum Gasteiger partial charge on any atom is -0.497 e. The molecule has 0 aromatic heterocycles. The van der Waals surface area contributed by atoms with Gasteiger partial charge in [-0.25, -0.2) is 4.98 Å². The van der Waals surface area contributed by atoms with Crippen molar-refractivity contribution >= 4 is 22.4 Å². The van der Waals surface area contributed by atoms with Crippen LogP contribution in [-0.2, 0) is 9.53 Å². The molecule has 26 heavy (non-hydrogen) atoms. The predicted molar refractivity (Wildman–Crippen MR) is 97.7 cm³/mol. The van der Waals surface area contributed by atoms with Gasteiger partial charge in [-0.1, -0.05) is 6.07 Å². The summed E-state index contributed by atoms with van der Waals surface area (Å²) in [5.74, 6) is 0.465. The van der Waals surface area contributed by atoms with Crippen LogP contribution in [0.5, 0.6) is 0 Å². The number of hydrogen-bond donors (Lipinski definition) is 1. The van der Waals surface area contributed by atoms with Crippen molar-refractivity contribution in [2.45, 2.75) is 0 Å². The van der Waals surface area contributed by atoms with Crippen LogP contribution >= 0.6 is 0 Å². The molecule has 5 rings (SSSR count). The molecule has 4 aliphatic rings. The second-order valence-electron chi connectivity index (χ2n) is 6.06. The largest absolute Gasteiger partial charge is 0.497 e. The normalized spacial score (nSPS) is 16.5. The van der Waals surface area contributed by atoms with Crippen molar-refractivity contribution in [3.05, 3.63) is 72.2 Å². The highest BCUT2D eigenvalue weighted by atomic mass is 16.5. The van der Waals surface area contributed by atoms with Gasteiger partial charge in [0.15, 0.2) is 5.78 Å². The maximum Gasteiger partial charge on any atom is 0.190 e. The third-order valence-corrected chi connectivity index (χ3v) is 4.66. The molecule has 6 heteroatoms. The average Bonchev–Trinajstić information content (AvgIpc) is 3.03. The van der Waals surface area contributed by atoms with Gasteiger partial charge >= 0.3 is 0 Å². The molecule has 0 fully saturated rings. The summed E-state index contributed by atoms with van der Waals surface area (Å²) in [5.41, 5.74) is 5.33. The first-order chi connectivity index (χ1) is 12.8. The highest BCUT2D eigenvalue weighted by Gasteiger charge is 2.19. The van der Waals surface area contributed by atoms with Gasteiger partial charge in [-0.05, 0) is 30.4 Å². The van der Waals surface area contributed by atoms with E-state index < -0.39 is 0 Å². The van der Waals surface area contributed by atoms with Crippen LogP contribution < -0.4 is 5.22 Å². The van der Waals surface area contributed by atoms with E-state index in [1.54, 1.807) is 31.8 Å². The first kappa shape index (κ1) is 14.7. The van der Waals surface area contributed by atoms with Crippen molar-refractivity contribution in [2.24, 2.45) is 0 Å². The number of hydrogen-bond acceptors (Lipinski definition) is 4. The number of allylic oxidation sites excluding steroid dienone is 3. The molecule has 1 aliphatic carbocycles. The van der Waals surface area contributed by atoms with Gasteiger partial charge in [-0.3, -0.25) is 19.6 Å². The molecule has 0 saturated heterocycles. The highest BCUT2D eigenvalue weighted by Crippen LogP contribution is 2.31. The maximum absolute atomic E-state index is 12.5. The lowest BCUT2D eigenvalue weighted by molar-refractivity contribution is -0.109. The van der Waals surface area contributed by atoms with Crippen LogP contribution in [0.3, 0.4) is 0 Å². The van der Waals surface area contributed by atoms with E-state index in [1.807, 2.05) is 35.1 Å². The SMILES string of the molecule is COC1=CC(=O)/C(=c2/ccc3c4c2ncc-4ccc2cnc[nH]n3-2)C=C1. The molecule has 3 aliphatic heterocycles. The Morgan fingerprint density at radius 3 is 2.88 bits per heavy atom. The Bertz CT molecular complexity index is 1240. The van der Waals surface area contributed by atoms with E-state index in [2.05, 4.69) is 15.1 Å². The van der Waals surface area contributed by atoms with Crippen LogP contribution in [0.25, 0.3) is 33.4 Å². The summed E-state index contributed by atoms with van der Waals surface area (Å²) in [5, 5.41) is 3.97. The first-order valence-corrected chi connectivity index (χ1v) is 8.16. The maximum atomic E-state index is 12.5. The Morgan fingerprint density at radius 2 is 2.04 bits per heavy atom. The van der Waals surface area contributed by atoms with Crippen molar-refractivity contribution in [3.8, 4) is 16.8 Å². The molecule has 1 N–H and O–H groups in total. The first-order valence-electron chi connectivity index (χ1n) is 8.16. The topological polar surface area (TPSA) is 72.8 Å². The number of benzene rings is 1. The molecule has 0 amide bonds. The van der Waals surface area contributed by atoms with E-state index in [9.17, 15) is 4.79 Å². The van der Waals surface area contributed by atoms with Gasteiger partial charge in [-0.15, -0.1) is 0 Å². The Kier molecular flexibility index (Phi) is 3.05. The van der Waals surface area contributed by atoms with E-state index in [-0.39, 0.29) is 5.78 Å². The molecule has 3 heterocycles. The summed E-state index contributed by atoms with van der Waals surface area (Å²) in [7, 11) is 1.55. The Morgan fingerprint density at radius 1 is 1.12 bits per heavy atom. The van der Waals surface area contributed by atoms with E-state index in [4.69, 9.17) is 4.74 Å². The van der Waals surface area contributed by atoms with E-state index in [0.717, 1.165) is 33.1 Å². The summed E-state index contributed by atoms with van der Waals surface area (Å²) in [4.78, 5) is 21.3. The Labute approximate surface area is 148 Å². The summed E-state index contributed by atoms with van der Waals surface area (Å²) in [6.45, 7) is 0. The lowest BCUT2D eigenvalue weighted by Crippen LogP contribution is -2.15. The zero-order valence-electron chi connectivity index (χ0n) is 13.9. The smallest absolute Gasteiger partial charge is 0.190 e. The van der Waals surface area contributed by atoms with E-state index in [1.165, 1.54) is 6.08 Å². The highest BCUT2D eigenvalue weighted by molar-refractivity contribution is 6.26. The minimum atomic E-state index is -0.0859. The molecule has 126 valence electrons. The number of nitrogens with one attached hydrogen (secondary N) is 1. The number of fused-ring (bicyclic) bond motifs is 2. The molecule has 0 radical (unpaired) electrons. The third-order valence-electron chi connectivity index (χ3n) is 4.66. The van der Waals surface area contributed by atoms with Crippen LogP contribution in [0.15, 0.2) is 67.0 Å². The minimum absolute atomic E-state index is 0.0859. The summed E-state index contributed by atoms with van der Waals surface area (Å²) >= 11 is 0. The molecule has 0 saturated carbocycles. The molecule has 1 aromatic carbocycles. The van der Waals surface area contributed by atoms with Crippen LogP contribution in [0.2, 0.25) is 0 Å². The second-order valence-corrected chi connectivity index (χ2v) is 6.06. The molecular formula is C20H14N4O2. The fourth-order valence-electron chi connectivity index (χ4n) is 3.42. The van der Waals surface area contributed by atoms with E-state index in [0.29, 0.717) is 11.3 Å². The lowest BCUT2D eigenvalue weighted by Gasteiger charge is -2.11. The fourth-order valence-corrected chi connectivity index (χ4v) is 3.42. The monoisotopic (exact) mass is 342 g/mol. The third kappa shape index (κ3) is 2.02. The summed E-state index contributed by atoms with van der Waals surface area (Å²) < 4.78 is 7.10. The predicted octanol–water partition coefficient (Wildman–Crippen LogP) is 2.39. The molecule has 0 bridgehead atoms. The number of H-pyrrole nitrogens is 1. The number of rotatable bonds is 1. The van der Waals surface area contributed by atoms with Gasteiger partial charge in [0.05, 0.1) is 30.0 Å².